The van der Waals surface area contributed by atoms with Crippen LogP contribution in [0.5, 0.6) is 5.75 Å². The summed E-state index contributed by atoms with van der Waals surface area (Å²) in [6.45, 7) is 18.7. The normalized spacial score (nSPS) is 25.3. The van der Waals surface area contributed by atoms with E-state index in [0.29, 0.717) is 17.3 Å². The van der Waals surface area contributed by atoms with Gasteiger partial charge in [0, 0.05) is 6.42 Å². The van der Waals surface area contributed by atoms with Crippen molar-refractivity contribution in [3.63, 3.8) is 0 Å². The van der Waals surface area contributed by atoms with Crippen LogP contribution in [0.1, 0.15) is 125 Å². The van der Waals surface area contributed by atoms with Gasteiger partial charge in [-0.25, -0.2) is 0 Å². The van der Waals surface area contributed by atoms with Crippen molar-refractivity contribution in [3.05, 3.63) is 29.8 Å². The first-order chi connectivity index (χ1) is 14.9. The van der Waals surface area contributed by atoms with Crippen molar-refractivity contribution < 1.29 is 9.47 Å². The molecule has 3 saturated carbocycles. The van der Waals surface area contributed by atoms with Crippen LogP contribution in [0.2, 0.25) is 0 Å². The van der Waals surface area contributed by atoms with Crippen LogP contribution < -0.4 is 4.74 Å². The summed E-state index contributed by atoms with van der Waals surface area (Å²) in [7, 11) is 0. The molecule has 2 unspecified atom stereocenters. The molecule has 0 aromatic heterocycles. The molecule has 1 aromatic rings. The van der Waals surface area contributed by atoms with E-state index in [1.165, 1.54) is 56.9 Å². The second-order valence-electron chi connectivity index (χ2n) is 13.5. The van der Waals surface area contributed by atoms with E-state index < -0.39 is 0 Å². The van der Waals surface area contributed by atoms with Crippen molar-refractivity contribution >= 4 is 0 Å². The summed E-state index contributed by atoms with van der Waals surface area (Å²) in [4.78, 5) is 0. The second-order valence-corrected chi connectivity index (χ2v) is 13.5. The van der Waals surface area contributed by atoms with Crippen molar-refractivity contribution in [2.24, 2.45) is 22.7 Å². The molecule has 2 heteroatoms. The first-order valence-electron chi connectivity index (χ1n) is 13.3. The van der Waals surface area contributed by atoms with Crippen LogP contribution in [0, 0.1) is 22.7 Å². The fourth-order valence-electron chi connectivity index (χ4n) is 6.45. The monoisotopic (exact) mass is 442 g/mol. The predicted molar refractivity (Wildman–Crippen MR) is 136 cm³/mol. The van der Waals surface area contributed by atoms with Gasteiger partial charge in [0.2, 0.25) is 0 Å². The molecule has 1 aromatic carbocycles. The van der Waals surface area contributed by atoms with Crippen LogP contribution in [0.15, 0.2) is 24.3 Å². The average Bonchev–Trinajstić information content (AvgIpc) is 2.64. The first-order valence-corrected chi connectivity index (χ1v) is 13.3. The summed E-state index contributed by atoms with van der Waals surface area (Å²) >= 11 is 0. The van der Waals surface area contributed by atoms with E-state index in [1.54, 1.807) is 0 Å². The zero-order valence-electron chi connectivity index (χ0n) is 22.3. The Bertz CT molecular complexity index is 692. The molecule has 0 aliphatic heterocycles. The van der Waals surface area contributed by atoms with E-state index in [-0.39, 0.29) is 17.3 Å². The SMILES string of the molecule is CC(C)C(c1ccc(OC(CCCCC(C)(C)C)OC23CCCC(C2)C3)cc1)C(C)(C)C. The van der Waals surface area contributed by atoms with Crippen LogP contribution in [-0.4, -0.2) is 11.9 Å². The predicted octanol–water partition coefficient (Wildman–Crippen LogP) is 9.13. The molecule has 32 heavy (non-hydrogen) atoms. The topological polar surface area (TPSA) is 18.5 Å². The lowest BCUT2D eigenvalue weighted by Crippen LogP contribution is -2.52. The van der Waals surface area contributed by atoms with Gasteiger partial charge < -0.3 is 9.47 Å². The van der Waals surface area contributed by atoms with Gasteiger partial charge in [0.1, 0.15) is 5.75 Å². The van der Waals surface area contributed by atoms with Crippen LogP contribution in [0.3, 0.4) is 0 Å². The number of benzene rings is 1. The molecule has 0 heterocycles. The molecule has 2 nitrogen and oxygen atoms in total. The molecule has 0 N–H and O–H groups in total. The first kappa shape index (κ1) is 25.6. The third kappa shape index (κ3) is 6.99. The van der Waals surface area contributed by atoms with Gasteiger partial charge in [-0.1, -0.05) is 86.8 Å². The highest BCUT2D eigenvalue weighted by molar-refractivity contribution is 5.31. The number of ether oxygens (including phenoxy) is 2. The Labute approximate surface area is 198 Å². The molecular formula is C30H50O2. The highest BCUT2D eigenvalue weighted by Gasteiger charge is 2.49. The van der Waals surface area contributed by atoms with Gasteiger partial charge in [-0.05, 0) is 78.4 Å². The molecule has 2 bridgehead atoms. The van der Waals surface area contributed by atoms with Gasteiger partial charge in [0.05, 0.1) is 5.60 Å². The standard InChI is InChI=1S/C30H50O2/c1-22(2)27(29(6,7)8)24-14-16-25(17-15-24)31-26(13-9-10-18-28(3,4)5)32-30-19-11-12-23(20-30)21-30/h14-17,22-23,26-27H,9-13,18-21H2,1-8H3. The lowest BCUT2D eigenvalue weighted by Gasteiger charge is -2.53. The molecule has 4 rings (SSSR count). The van der Waals surface area contributed by atoms with Gasteiger partial charge in [0.15, 0.2) is 6.29 Å². The Morgan fingerprint density at radius 1 is 0.969 bits per heavy atom. The lowest BCUT2D eigenvalue weighted by atomic mass is 9.61. The molecule has 3 fully saturated rings. The Balaban J connectivity index is 1.65. The number of hydrogen-bond donors (Lipinski definition) is 0. The highest BCUT2D eigenvalue weighted by Crippen LogP contribution is 2.52. The lowest BCUT2D eigenvalue weighted by molar-refractivity contribution is -0.236. The van der Waals surface area contributed by atoms with E-state index >= 15 is 0 Å². The van der Waals surface area contributed by atoms with E-state index in [4.69, 9.17) is 9.47 Å². The van der Waals surface area contributed by atoms with E-state index in [1.807, 2.05) is 0 Å². The number of rotatable bonds is 10. The molecule has 3 aliphatic carbocycles. The van der Waals surface area contributed by atoms with Crippen LogP contribution in [0.4, 0.5) is 0 Å². The maximum absolute atomic E-state index is 6.73. The van der Waals surface area contributed by atoms with Gasteiger partial charge >= 0.3 is 0 Å². The molecule has 0 spiro atoms. The largest absolute Gasteiger partial charge is 0.465 e. The Morgan fingerprint density at radius 2 is 1.62 bits per heavy atom. The van der Waals surface area contributed by atoms with Gasteiger partial charge in [-0.3, -0.25) is 0 Å². The molecule has 0 saturated heterocycles. The van der Waals surface area contributed by atoms with Gasteiger partial charge in [-0.15, -0.1) is 0 Å². The Kier molecular flexibility index (Phi) is 8.06. The quantitative estimate of drug-likeness (QED) is 0.265. The number of fused-ring (bicyclic) bond motifs is 2. The van der Waals surface area contributed by atoms with Crippen molar-refractivity contribution in [2.45, 2.75) is 131 Å². The zero-order chi connectivity index (χ0) is 23.6. The summed E-state index contributed by atoms with van der Waals surface area (Å²) in [5, 5.41) is 0. The third-order valence-electron chi connectivity index (χ3n) is 7.67. The highest BCUT2D eigenvalue weighted by atomic mass is 16.7. The third-order valence-corrected chi connectivity index (χ3v) is 7.67. The summed E-state index contributed by atoms with van der Waals surface area (Å²) < 4.78 is 13.2. The number of unbranched alkanes of at least 4 members (excludes halogenated alkanes) is 1. The van der Waals surface area contributed by atoms with Crippen molar-refractivity contribution in [1.82, 2.24) is 0 Å². The Hall–Kier alpha value is -1.02. The summed E-state index contributed by atoms with van der Waals surface area (Å²) in [6.07, 6.45) is 10.9. The summed E-state index contributed by atoms with van der Waals surface area (Å²) in [6, 6.07) is 8.90. The van der Waals surface area contributed by atoms with Crippen LogP contribution in [0.25, 0.3) is 0 Å². The smallest absolute Gasteiger partial charge is 0.200 e. The fraction of sp³-hybridized carbons (Fsp3) is 0.800. The van der Waals surface area contributed by atoms with Crippen LogP contribution >= 0.6 is 0 Å². The maximum Gasteiger partial charge on any atom is 0.200 e. The molecule has 3 aliphatic rings. The minimum atomic E-state index is -0.122. The fourth-order valence-corrected chi connectivity index (χ4v) is 6.45. The average molecular weight is 443 g/mol. The van der Waals surface area contributed by atoms with E-state index in [0.717, 1.165) is 18.1 Å². The van der Waals surface area contributed by atoms with E-state index in [2.05, 4.69) is 79.7 Å². The maximum atomic E-state index is 6.73. The minimum Gasteiger partial charge on any atom is -0.465 e. The molecular weight excluding hydrogens is 392 g/mol. The second kappa shape index (κ2) is 10.1. The molecule has 0 amide bonds. The Morgan fingerprint density at radius 3 is 2.12 bits per heavy atom. The van der Waals surface area contributed by atoms with Crippen LogP contribution in [-0.2, 0) is 4.74 Å². The zero-order valence-corrected chi connectivity index (χ0v) is 22.3. The van der Waals surface area contributed by atoms with Crippen molar-refractivity contribution in [2.75, 3.05) is 0 Å². The van der Waals surface area contributed by atoms with Gasteiger partial charge in [0.25, 0.3) is 0 Å². The van der Waals surface area contributed by atoms with E-state index in [9.17, 15) is 0 Å². The van der Waals surface area contributed by atoms with Crippen molar-refractivity contribution in [1.29, 1.82) is 0 Å². The summed E-state index contributed by atoms with van der Waals surface area (Å²) in [5.41, 5.74) is 2.16. The molecule has 0 radical (unpaired) electrons. The van der Waals surface area contributed by atoms with Gasteiger partial charge in [-0.2, -0.15) is 0 Å². The minimum absolute atomic E-state index is 0.104. The number of hydrogen-bond acceptors (Lipinski definition) is 2. The summed E-state index contributed by atoms with van der Waals surface area (Å²) in [5.74, 6) is 3.00. The molecule has 2 atom stereocenters. The molecule has 182 valence electrons. The van der Waals surface area contributed by atoms with Crippen molar-refractivity contribution in [3.8, 4) is 5.75 Å².